The number of carbonyl (C=O) groups excluding carboxylic acids is 1. The molecule has 90 valence electrons. The number of halogens is 1. The van der Waals surface area contributed by atoms with Crippen molar-refractivity contribution in [1.82, 2.24) is 0 Å². The largest absolute Gasteiger partial charge is 0.369 e. The van der Waals surface area contributed by atoms with Gasteiger partial charge in [0, 0.05) is 10.9 Å². The van der Waals surface area contributed by atoms with E-state index in [0.29, 0.717) is 17.8 Å². The van der Waals surface area contributed by atoms with Crippen LogP contribution in [0.15, 0.2) is 24.3 Å². The lowest BCUT2D eigenvalue weighted by Gasteiger charge is -2.29. The minimum atomic E-state index is -0.128. The van der Waals surface area contributed by atoms with Crippen LogP contribution in [0.2, 0.25) is 5.02 Å². The number of amides is 1. The quantitative estimate of drug-likeness (QED) is 0.860. The number of benzene rings is 1. The van der Waals surface area contributed by atoms with E-state index in [-0.39, 0.29) is 11.8 Å². The standard InChI is InChI=1S/C14H16ClNO/c15-11-5-3-8(4-6-11)12-9-1-2-10(7-9)13(12)14(16)17/h3-6,9-10,12-13H,1-2,7H2,(H2,16,17)/t9-,10+,12-,13-/m0/s1. The van der Waals surface area contributed by atoms with Gasteiger partial charge in [0.05, 0.1) is 0 Å². The summed E-state index contributed by atoms with van der Waals surface area (Å²) in [6.07, 6.45) is 3.57. The van der Waals surface area contributed by atoms with E-state index in [4.69, 9.17) is 17.3 Å². The number of fused-ring (bicyclic) bond motifs is 2. The summed E-state index contributed by atoms with van der Waals surface area (Å²) in [5, 5.41) is 0.743. The molecule has 3 heteroatoms. The third-order valence-corrected chi connectivity index (χ3v) is 4.75. The summed E-state index contributed by atoms with van der Waals surface area (Å²) in [5.41, 5.74) is 6.80. The van der Waals surface area contributed by atoms with Crippen LogP contribution >= 0.6 is 11.6 Å². The zero-order valence-corrected chi connectivity index (χ0v) is 10.4. The molecule has 1 aromatic rings. The van der Waals surface area contributed by atoms with Crippen LogP contribution in [0.25, 0.3) is 0 Å². The SMILES string of the molecule is NC(=O)[C@H]1[C@@H]2CC[C@@H](C2)[C@@H]1c1ccc(Cl)cc1. The second-order valence-corrected chi connectivity index (χ2v) is 5.78. The van der Waals surface area contributed by atoms with E-state index in [9.17, 15) is 4.79 Å². The van der Waals surface area contributed by atoms with E-state index >= 15 is 0 Å². The van der Waals surface area contributed by atoms with Gasteiger partial charge in [-0.3, -0.25) is 4.79 Å². The lowest BCUT2D eigenvalue weighted by atomic mass is 9.75. The molecule has 1 aromatic carbocycles. The van der Waals surface area contributed by atoms with Crippen LogP contribution < -0.4 is 5.73 Å². The van der Waals surface area contributed by atoms with Crippen molar-refractivity contribution in [2.24, 2.45) is 23.5 Å². The molecule has 0 radical (unpaired) electrons. The Labute approximate surface area is 106 Å². The summed E-state index contributed by atoms with van der Waals surface area (Å²) >= 11 is 5.90. The zero-order chi connectivity index (χ0) is 12.0. The highest BCUT2D eigenvalue weighted by atomic mass is 35.5. The molecule has 0 saturated heterocycles. The number of nitrogens with two attached hydrogens (primary N) is 1. The van der Waals surface area contributed by atoms with E-state index < -0.39 is 0 Å². The van der Waals surface area contributed by atoms with Crippen LogP contribution in [0.4, 0.5) is 0 Å². The molecule has 2 saturated carbocycles. The van der Waals surface area contributed by atoms with Gasteiger partial charge in [-0.2, -0.15) is 0 Å². The van der Waals surface area contributed by atoms with Crippen LogP contribution in [0, 0.1) is 17.8 Å². The van der Waals surface area contributed by atoms with Crippen molar-refractivity contribution in [3.63, 3.8) is 0 Å². The molecule has 1 amide bonds. The molecule has 0 spiro atoms. The molecular formula is C14H16ClNO. The molecule has 4 atom stereocenters. The minimum Gasteiger partial charge on any atom is -0.369 e. The van der Waals surface area contributed by atoms with E-state index in [1.54, 1.807) is 0 Å². The van der Waals surface area contributed by atoms with Gasteiger partial charge >= 0.3 is 0 Å². The summed E-state index contributed by atoms with van der Waals surface area (Å²) in [6, 6.07) is 7.90. The van der Waals surface area contributed by atoms with E-state index in [1.165, 1.54) is 24.8 Å². The molecule has 2 N–H and O–H groups in total. The van der Waals surface area contributed by atoms with Crippen molar-refractivity contribution in [3.05, 3.63) is 34.9 Å². The molecule has 2 bridgehead atoms. The molecule has 2 fully saturated rings. The lowest BCUT2D eigenvalue weighted by Crippen LogP contribution is -2.33. The number of rotatable bonds is 2. The highest BCUT2D eigenvalue weighted by Gasteiger charge is 2.50. The fraction of sp³-hybridized carbons (Fsp3) is 0.500. The summed E-state index contributed by atoms with van der Waals surface area (Å²) in [5.74, 6) is 1.38. The summed E-state index contributed by atoms with van der Waals surface area (Å²) in [6.45, 7) is 0. The third-order valence-electron chi connectivity index (χ3n) is 4.50. The Hall–Kier alpha value is -1.02. The normalized spacial score (nSPS) is 35.1. The monoisotopic (exact) mass is 249 g/mol. The zero-order valence-electron chi connectivity index (χ0n) is 9.60. The Balaban J connectivity index is 1.95. The van der Waals surface area contributed by atoms with E-state index in [1.807, 2.05) is 24.3 Å². The van der Waals surface area contributed by atoms with Crippen LogP contribution in [-0.2, 0) is 4.79 Å². The topological polar surface area (TPSA) is 43.1 Å². The first-order valence-electron chi connectivity index (χ1n) is 6.21. The number of carbonyl (C=O) groups is 1. The Morgan fingerprint density at radius 1 is 1.18 bits per heavy atom. The Kier molecular flexibility index (Phi) is 2.62. The highest BCUT2D eigenvalue weighted by molar-refractivity contribution is 6.30. The third kappa shape index (κ3) is 1.75. The van der Waals surface area contributed by atoms with Gasteiger partial charge in [-0.1, -0.05) is 23.7 Å². The molecule has 0 aromatic heterocycles. The van der Waals surface area contributed by atoms with Crippen molar-refractivity contribution < 1.29 is 4.79 Å². The van der Waals surface area contributed by atoms with Gasteiger partial charge in [-0.15, -0.1) is 0 Å². The smallest absolute Gasteiger partial charge is 0.221 e. The Morgan fingerprint density at radius 2 is 1.82 bits per heavy atom. The first-order valence-corrected chi connectivity index (χ1v) is 6.59. The Morgan fingerprint density at radius 3 is 2.47 bits per heavy atom. The van der Waals surface area contributed by atoms with Gasteiger partial charge in [0.25, 0.3) is 0 Å². The predicted octanol–water partition coefficient (Wildman–Crippen LogP) is 2.96. The molecule has 2 nitrogen and oxygen atoms in total. The van der Waals surface area contributed by atoms with Crippen LogP contribution in [0.1, 0.15) is 30.7 Å². The maximum Gasteiger partial charge on any atom is 0.221 e. The van der Waals surface area contributed by atoms with E-state index in [2.05, 4.69) is 0 Å². The molecule has 3 rings (SSSR count). The average molecular weight is 250 g/mol. The van der Waals surface area contributed by atoms with Crippen molar-refractivity contribution in [1.29, 1.82) is 0 Å². The molecule has 17 heavy (non-hydrogen) atoms. The van der Waals surface area contributed by atoms with E-state index in [0.717, 1.165) is 5.02 Å². The number of hydrogen-bond donors (Lipinski definition) is 1. The predicted molar refractivity (Wildman–Crippen MR) is 67.7 cm³/mol. The minimum absolute atomic E-state index is 0.0370. The van der Waals surface area contributed by atoms with Crippen molar-refractivity contribution in [2.45, 2.75) is 25.2 Å². The van der Waals surface area contributed by atoms with Gasteiger partial charge in [0.1, 0.15) is 0 Å². The average Bonchev–Trinajstić information content (AvgIpc) is 2.89. The van der Waals surface area contributed by atoms with Crippen LogP contribution in [0.3, 0.4) is 0 Å². The molecule has 0 heterocycles. The second kappa shape index (κ2) is 4.02. The van der Waals surface area contributed by atoms with Crippen molar-refractivity contribution in [3.8, 4) is 0 Å². The van der Waals surface area contributed by atoms with Crippen molar-refractivity contribution >= 4 is 17.5 Å². The maximum atomic E-state index is 11.6. The molecule has 2 aliphatic carbocycles. The van der Waals surface area contributed by atoms with Gasteiger partial charge in [0.2, 0.25) is 5.91 Å². The molecule has 0 aliphatic heterocycles. The number of primary amides is 1. The van der Waals surface area contributed by atoms with Gasteiger partial charge in [0.15, 0.2) is 0 Å². The van der Waals surface area contributed by atoms with Crippen LogP contribution in [0.5, 0.6) is 0 Å². The summed E-state index contributed by atoms with van der Waals surface area (Å²) < 4.78 is 0. The molecular weight excluding hydrogens is 234 g/mol. The van der Waals surface area contributed by atoms with Crippen molar-refractivity contribution in [2.75, 3.05) is 0 Å². The van der Waals surface area contributed by atoms with Gasteiger partial charge < -0.3 is 5.73 Å². The maximum absolute atomic E-state index is 11.6. The fourth-order valence-corrected chi connectivity index (χ4v) is 3.99. The van der Waals surface area contributed by atoms with Gasteiger partial charge in [-0.05, 0) is 54.7 Å². The van der Waals surface area contributed by atoms with Crippen LogP contribution in [-0.4, -0.2) is 5.91 Å². The summed E-state index contributed by atoms with van der Waals surface area (Å²) in [4.78, 5) is 11.6. The molecule has 0 unspecified atom stereocenters. The van der Waals surface area contributed by atoms with Gasteiger partial charge in [-0.25, -0.2) is 0 Å². The first-order chi connectivity index (χ1) is 8.16. The molecule has 2 aliphatic rings. The lowest BCUT2D eigenvalue weighted by molar-refractivity contribution is -0.123. The fourth-order valence-electron chi connectivity index (χ4n) is 3.87. The summed E-state index contributed by atoms with van der Waals surface area (Å²) in [7, 11) is 0. The number of hydrogen-bond acceptors (Lipinski definition) is 1. The highest BCUT2D eigenvalue weighted by Crippen LogP contribution is 2.56. The first kappa shape index (κ1) is 11.1. The Bertz CT molecular complexity index is 442. The second-order valence-electron chi connectivity index (χ2n) is 5.34.